The Labute approximate surface area is 136 Å². The van der Waals surface area contributed by atoms with Gasteiger partial charge in [-0.2, -0.15) is 0 Å². The summed E-state index contributed by atoms with van der Waals surface area (Å²) in [5.74, 6) is 0.791. The minimum Gasteiger partial charge on any atom is -0.492 e. The lowest BCUT2D eigenvalue weighted by atomic mass is 10.0. The Morgan fingerprint density at radius 2 is 1.80 bits per heavy atom. The van der Waals surface area contributed by atoms with E-state index in [9.17, 15) is 0 Å². The van der Waals surface area contributed by atoms with E-state index >= 15 is 0 Å². The second kappa shape index (κ2) is 7.20. The Kier molecular flexibility index (Phi) is 5.57. The summed E-state index contributed by atoms with van der Waals surface area (Å²) in [6.45, 7) is 2.60. The highest BCUT2D eigenvalue weighted by Gasteiger charge is 2.14. The monoisotopic (exact) mass is 398 g/mol. The molecule has 0 bridgehead atoms. The van der Waals surface area contributed by atoms with Gasteiger partial charge in [0.2, 0.25) is 0 Å². The van der Waals surface area contributed by atoms with Crippen molar-refractivity contribution in [2.24, 2.45) is 0 Å². The van der Waals surface area contributed by atoms with Crippen LogP contribution in [0.1, 0.15) is 24.1 Å². The van der Waals surface area contributed by atoms with Gasteiger partial charge in [-0.3, -0.25) is 4.98 Å². The summed E-state index contributed by atoms with van der Waals surface area (Å²) in [4.78, 5) is 4.25. The van der Waals surface area contributed by atoms with Crippen molar-refractivity contribution in [3.63, 3.8) is 0 Å². The van der Waals surface area contributed by atoms with E-state index in [1.807, 2.05) is 32.3 Å². The Morgan fingerprint density at radius 3 is 2.40 bits per heavy atom. The first-order valence-corrected chi connectivity index (χ1v) is 7.93. The fourth-order valence-corrected chi connectivity index (χ4v) is 3.44. The minimum absolute atomic E-state index is 0.0664. The zero-order chi connectivity index (χ0) is 14.5. The first-order valence-electron chi connectivity index (χ1n) is 6.35. The van der Waals surface area contributed by atoms with Crippen molar-refractivity contribution in [1.29, 1.82) is 0 Å². The van der Waals surface area contributed by atoms with Crippen LogP contribution in [0, 0.1) is 0 Å². The van der Waals surface area contributed by atoms with Gasteiger partial charge in [-0.15, -0.1) is 0 Å². The van der Waals surface area contributed by atoms with Crippen LogP contribution in [-0.2, 0) is 0 Å². The Hall–Kier alpha value is -0.910. The number of benzene rings is 1. The lowest BCUT2D eigenvalue weighted by molar-refractivity contribution is 0.338. The van der Waals surface area contributed by atoms with Crippen LogP contribution in [0.25, 0.3) is 0 Å². The molecular formula is C15H16Br2N2O. The summed E-state index contributed by atoms with van der Waals surface area (Å²) in [6, 6.07) is 8.30. The average Bonchev–Trinajstić information content (AvgIpc) is 2.39. The van der Waals surface area contributed by atoms with Gasteiger partial charge in [-0.05, 0) is 49.4 Å². The average molecular weight is 400 g/mol. The van der Waals surface area contributed by atoms with Gasteiger partial charge >= 0.3 is 0 Å². The van der Waals surface area contributed by atoms with Crippen LogP contribution in [0.15, 0.2) is 45.6 Å². The Bertz CT molecular complexity index is 570. The summed E-state index contributed by atoms with van der Waals surface area (Å²) >= 11 is 7.05. The third-order valence-electron chi connectivity index (χ3n) is 2.89. The molecule has 0 saturated heterocycles. The Balaban J connectivity index is 2.38. The molecule has 0 amide bonds. The minimum atomic E-state index is 0.0664. The van der Waals surface area contributed by atoms with E-state index in [0.29, 0.717) is 6.61 Å². The molecular weight excluding hydrogens is 384 g/mol. The lowest BCUT2D eigenvalue weighted by Gasteiger charge is -2.18. The lowest BCUT2D eigenvalue weighted by Crippen LogP contribution is -2.18. The summed E-state index contributed by atoms with van der Waals surface area (Å²) in [7, 11) is 1.94. The van der Waals surface area contributed by atoms with Crippen LogP contribution in [0.5, 0.6) is 5.75 Å². The molecule has 106 valence electrons. The van der Waals surface area contributed by atoms with Crippen molar-refractivity contribution in [1.82, 2.24) is 10.3 Å². The fourth-order valence-electron chi connectivity index (χ4n) is 2.11. The third-order valence-corrected chi connectivity index (χ3v) is 3.80. The SMILES string of the molecule is CCOc1cncc(C(NC)c2cc(Br)cc(Br)c2)c1. The van der Waals surface area contributed by atoms with E-state index in [1.54, 1.807) is 6.20 Å². The van der Waals surface area contributed by atoms with Crippen molar-refractivity contribution < 1.29 is 4.74 Å². The van der Waals surface area contributed by atoms with Gasteiger partial charge in [0.1, 0.15) is 5.75 Å². The van der Waals surface area contributed by atoms with Gasteiger partial charge < -0.3 is 10.1 Å². The maximum atomic E-state index is 5.52. The fraction of sp³-hybridized carbons (Fsp3) is 0.267. The number of rotatable bonds is 5. The molecule has 20 heavy (non-hydrogen) atoms. The predicted octanol–water partition coefficient (Wildman–Crippen LogP) is 4.31. The molecule has 2 rings (SSSR count). The molecule has 0 aliphatic rings. The molecule has 1 aromatic heterocycles. The largest absolute Gasteiger partial charge is 0.492 e. The number of pyridine rings is 1. The number of ether oxygens (including phenoxy) is 1. The zero-order valence-corrected chi connectivity index (χ0v) is 14.5. The Morgan fingerprint density at radius 1 is 1.10 bits per heavy atom. The van der Waals surface area contributed by atoms with Crippen LogP contribution >= 0.6 is 31.9 Å². The van der Waals surface area contributed by atoms with Crippen molar-refractivity contribution in [3.8, 4) is 5.75 Å². The van der Waals surface area contributed by atoms with Crippen molar-refractivity contribution >= 4 is 31.9 Å². The van der Waals surface area contributed by atoms with Gasteiger partial charge in [0.05, 0.1) is 18.8 Å². The molecule has 1 unspecified atom stereocenters. The smallest absolute Gasteiger partial charge is 0.137 e. The summed E-state index contributed by atoms with van der Waals surface area (Å²) in [5, 5.41) is 3.32. The molecule has 5 heteroatoms. The summed E-state index contributed by atoms with van der Waals surface area (Å²) < 4.78 is 7.59. The molecule has 0 aliphatic heterocycles. The van der Waals surface area contributed by atoms with E-state index in [-0.39, 0.29) is 6.04 Å². The second-order valence-electron chi connectivity index (χ2n) is 4.31. The van der Waals surface area contributed by atoms with Gasteiger partial charge in [-0.1, -0.05) is 31.9 Å². The first-order chi connectivity index (χ1) is 9.63. The maximum absolute atomic E-state index is 5.52. The molecule has 0 spiro atoms. The van der Waals surface area contributed by atoms with E-state index in [0.717, 1.165) is 25.8 Å². The molecule has 0 aliphatic carbocycles. The predicted molar refractivity (Wildman–Crippen MR) is 88.2 cm³/mol. The molecule has 1 aromatic carbocycles. The number of hydrogen-bond acceptors (Lipinski definition) is 3. The topological polar surface area (TPSA) is 34.1 Å². The highest BCUT2D eigenvalue weighted by atomic mass is 79.9. The molecule has 1 atom stereocenters. The van der Waals surface area contributed by atoms with Crippen molar-refractivity contribution in [2.75, 3.05) is 13.7 Å². The number of nitrogens with one attached hydrogen (secondary N) is 1. The molecule has 0 fully saturated rings. The second-order valence-corrected chi connectivity index (χ2v) is 6.14. The highest BCUT2D eigenvalue weighted by molar-refractivity contribution is 9.11. The summed E-state index contributed by atoms with van der Waals surface area (Å²) in [5.41, 5.74) is 2.23. The van der Waals surface area contributed by atoms with E-state index in [2.05, 4.69) is 54.3 Å². The molecule has 0 saturated carbocycles. The van der Waals surface area contributed by atoms with Crippen molar-refractivity contribution in [2.45, 2.75) is 13.0 Å². The van der Waals surface area contributed by atoms with Gasteiger partial charge in [0, 0.05) is 15.1 Å². The molecule has 1 heterocycles. The van der Waals surface area contributed by atoms with Crippen LogP contribution in [0.3, 0.4) is 0 Å². The molecule has 0 radical (unpaired) electrons. The number of aromatic nitrogens is 1. The van der Waals surface area contributed by atoms with Crippen LogP contribution in [-0.4, -0.2) is 18.6 Å². The summed E-state index contributed by atoms with van der Waals surface area (Å²) in [6.07, 6.45) is 3.59. The van der Waals surface area contributed by atoms with Crippen LogP contribution in [0.4, 0.5) is 0 Å². The number of nitrogens with zero attached hydrogens (tertiary/aromatic N) is 1. The van der Waals surface area contributed by atoms with E-state index in [4.69, 9.17) is 4.74 Å². The maximum Gasteiger partial charge on any atom is 0.137 e. The van der Waals surface area contributed by atoms with Gasteiger partial charge in [0.15, 0.2) is 0 Å². The van der Waals surface area contributed by atoms with Crippen LogP contribution in [0.2, 0.25) is 0 Å². The van der Waals surface area contributed by atoms with Gasteiger partial charge in [0.25, 0.3) is 0 Å². The molecule has 3 nitrogen and oxygen atoms in total. The molecule has 2 aromatic rings. The van der Waals surface area contributed by atoms with E-state index < -0.39 is 0 Å². The quantitative estimate of drug-likeness (QED) is 0.813. The molecule has 1 N–H and O–H groups in total. The van der Waals surface area contributed by atoms with E-state index in [1.165, 1.54) is 0 Å². The number of halogens is 2. The van der Waals surface area contributed by atoms with Crippen molar-refractivity contribution in [3.05, 3.63) is 56.7 Å². The normalized spacial score (nSPS) is 12.2. The third kappa shape index (κ3) is 3.81. The highest BCUT2D eigenvalue weighted by Crippen LogP contribution is 2.29. The first kappa shape index (κ1) is 15.5. The number of hydrogen-bond donors (Lipinski definition) is 1. The van der Waals surface area contributed by atoms with Crippen LogP contribution < -0.4 is 10.1 Å². The zero-order valence-electron chi connectivity index (χ0n) is 11.4. The standard InChI is InChI=1S/C15H16Br2N2O/c1-3-20-14-6-11(8-19-9-14)15(18-2)10-4-12(16)7-13(17)5-10/h4-9,15,18H,3H2,1-2H3. The van der Waals surface area contributed by atoms with Gasteiger partial charge in [-0.25, -0.2) is 0 Å².